The van der Waals surface area contributed by atoms with Crippen molar-refractivity contribution in [3.63, 3.8) is 0 Å². The van der Waals surface area contributed by atoms with Crippen LogP contribution in [0.5, 0.6) is 0 Å². The monoisotopic (exact) mass is 338 g/mol. The lowest BCUT2D eigenvalue weighted by atomic mass is 9.88. The van der Waals surface area contributed by atoms with Gasteiger partial charge in [0.1, 0.15) is 0 Å². The maximum atomic E-state index is 8.87. The summed E-state index contributed by atoms with van der Waals surface area (Å²) in [6.45, 7) is 0.999. The van der Waals surface area contributed by atoms with Gasteiger partial charge in [0.2, 0.25) is 0 Å². The van der Waals surface area contributed by atoms with Gasteiger partial charge >= 0.3 is 0 Å². The predicted molar refractivity (Wildman–Crippen MR) is 86.7 cm³/mol. The molecular weight excluding hydrogens is 320 g/mol. The highest BCUT2D eigenvalue weighted by atomic mass is 79.9. The van der Waals surface area contributed by atoms with Crippen LogP contribution in [-0.2, 0) is 0 Å². The third-order valence-electron chi connectivity index (χ3n) is 3.90. The Morgan fingerprint density at radius 3 is 2.68 bits per heavy atom. The minimum absolute atomic E-state index is 0.381. The third-order valence-corrected chi connectivity index (χ3v) is 5.97. The average molecular weight is 339 g/mol. The van der Waals surface area contributed by atoms with Crippen LogP contribution in [0.25, 0.3) is 0 Å². The molecule has 0 radical (unpaired) electrons. The molecule has 0 heterocycles. The molecule has 2 nitrogen and oxygen atoms in total. The molecule has 1 aromatic carbocycles. The van der Waals surface area contributed by atoms with Crippen molar-refractivity contribution in [1.82, 2.24) is 0 Å². The van der Waals surface area contributed by atoms with E-state index in [1.165, 1.54) is 32.1 Å². The van der Waals surface area contributed by atoms with Gasteiger partial charge in [-0.25, -0.2) is 0 Å². The fraction of sp³-hybridized carbons (Fsp3) is 0.533. The van der Waals surface area contributed by atoms with Crippen LogP contribution in [0.4, 0.5) is 5.69 Å². The Morgan fingerprint density at radius 1 is 1.37 bits per heavy atom. The first kappa shape index (κ1) is 14.7. The molecule has 19 heavy (non-hydrogen) atoms. The standard InChI is InChI=1S/C15H19BrN2S/c1-19-15(7-3-2-4-8-15)11-18-14-6-5-12(10-17)9-13(14)16/h5-6,9,18H,2-4,7-8,11H2,1H3. The number of halogens is 1. The largest absolute Gasteiger partial charge is 0.383 e. The van der Waals surface area contributed by atoms with Crippen LogP contribution in [0.15, 0.2) is 22.7 Å². The van der Waals surface area contributed by atoms with Gasteiger partial charge in [0.05, 0.1) is 11.6 Å². The van der Waals surface area contributed by atoms with E-state index < -0.39 is 0 Å². The first-order valence-electron chi connectivity index (χ1n) is 6.68. The van der Waals surface area contributed by atoms with Crippen molar-refractivity contribution in [2.75, 3.05) is 18.1 Å². The highest BCUT2D eigenvalue weighted by Crippen LogP contribution is 2.39. The van der Waals surface area contributed by atoms with Crippen molar-refractivity contribution >= 4 is 33.4 Å². The van der Waals surface area contributed by atoms with E-state index in [1.54, 1.807) is 0 Å². The summed E-state index contributed by atoms with van der Waals surface area (Å²) in [6, 6.07) is 7.87. The number of thioether (sulfide) groups is 1. The second-order valence-electron chi connectivity index (χ2n) is 5.11. The molecule has 0 aromatic heterocycles. The molecular formula is C15H19BrN2S. The van der Waals surface area contributed by atoms with E-state index in [2.05, 4.69) is 33.6 Å². The lowest BCUT2D eigenvalue weighted by Crippen LogP contribution is -2.35. The molecule has 102 valence electrons. The van der Waals surface area contributed by atoms with Gasteiger partial charge in [0.15, 0.2) is 0 Å². The number of anilines is 1. The van der Waals surface area contributed by atoms with Gasteiger partial charge in [0, 0.05) is 21.5 Å². The van der Waals surface area contributed by atoms with E-state index in [9.17, 15) is 0 Å². The van der Waals surface area contributed by atoms with Gasteiger partial charge in [0.25, 0.3) is 0 Å². The van der Waals surface area contributed by atoms with E-state index in [0.29, 0.717) is 10.3 Å². The summed E-state index contributed by atoms with van der Waals surface area (Å²) < 4.78 is 1.35. The van der Waals surface area contributed by atoms with Crippen LogP contribution in [0.3, 0.4) is 0 Å². The van der Waals surface area contributed by atoms with E-state index >= 15 is 0 Å². The minimum atomic E-state index is 0.381. The van der Waals surface area contributed by atoms with Gasteiger partial charge in [-0.2, -0.15) is 17.0 Å². The number of hydrogen-bond acceptors (Lipinski definition) is 3. The van der Waals surface area contributed by atoms with Crippen molar-refractivity contribution in [2.45, 2.75) is 36.9 Å². The molecule has 0 unspecified atom stereocenters. The zero-order chi connectivity index (χ0) is 13.7. The van der Waals surface area contributed by atoms with Gasteiger partial charge in [-0.1, -0.05) is 19.3 Å². The topological polar surface area (TPSA) is 35.8 Å². The molecule has 2 rings (SSSR count). The zero-order valence-corrected chi connectivity index (χ0v) is 13.6. The lowest BCUT2D eigenvalue weighted by molar-refractivity contribution is 0.411. The SMILES string of the molecule is CSC1(CNc2ccc(C#N)cc2Br)CCCCC1. The molecule has 1 N–H and O–H groups in total. The molecule has 0 amide bonds. The Hall–Kier alpha value is -0.660. The summed E-state index contributed by atoms with van der Waals surface area (Å²) >= 11 is 5.53. The lowest BCUT2D eigenvalue weighted by Gasteiger charge is -2.36. The number of benzene rings is 1. The summed E-state index contributed by atoms with van der Waals surface area (Å²) in [6.07, 6.45) is 8.89. The Balaban J connectivity index is 2.03. The van der Waals surface area contributed by atoms with Crippen LogP contribution in [0.2, 0.25) is 0 Å². The first-order chi connectivity index (χ1) is 9.19. The summed E-state index contributed by atoms with van der Waals surface area (Å²) in [5, 5.41) is 12.4. The summed E-state index contributed by atoms with van der Waals surface area (Å²) in [4.78, 5) is 0. The minimum Gasteiger partial charge on any atom is -0.383 e. The normalized spacial score (nSPS) is 17.7. The van der Waals surface area contributed by atoms with Crippen molar-refractivity contribution in [1.29, 1.82) is 5.26 Å². The molecule has 0 atom stereocenters. The molecule has 0 saturated heterocycles. The Labute approximate surface area is 128 Å². The van der Waals surface area contributed by atoms with Crippen molar-refractivity contribution < 1.29 is 0 Å². The maximum absolute atomic E-state index is 8.87. The molecule has 0 spiro atoms. The van der Waals surface area contributed by atoms with Crippen LogP contribution in [0, 0.1) is 11.3 Å². The molecule has 1 aliphatic carbocycles. The third kappa shape index (κ3) is 3.67. The molecule has 1 aromatic rings. The number of nitrogens with zero attached hydrogens (tertiary/aromatic N) is 1. The van der Waals surface area contributed by atoms with Gasteiger partial charge < -0.3 is 5.32 Å². The average Bonchev–Trinajstić information content (AvgIpc) is 2.47. The van der Waals surface area contributed by atoms with Crippen LogP contribution in [-0.4, -0.2) is 17.5 Å². The number of nitriles is 1. The molecule has 1 saturated carbocycles. The van der Waals surface area contributed by atoms with Gasteiger partial charge in [-0.3, -0.25) is 0 Å². The Bertz CT molecular complexity index is 476. The van der Waals surface area contributed by atoms with E-state index in [-0.39, 0.29) is 0 Å². The summed E-state index contributed by atoms with van der Waals surface area (Å²) in [5.41, 5.74) is 1.77. The van der Waals surface area contributed by atoms with Crippen LogP contribution >= 0.6 is 27.7 Å². The number of nitrogens with one attached hydrogen (secondary N) is 1. The Morgan fingerprint density at radius 2 is 2.11 bits per heavy atom. The number of rotatable bonds is 4. The summed E-state index contributed by atoms with van der Waals surface area (Å²) in [5.74, 6) is 0. The second kappa shape index (κ2) is 6.67. The zero-order valence-electron chi connectivity index (χ0n) is 11.2. The van der Waals surface area contributed by atoms with Gasteiger partial charge in [-0.05, 0) is 53.2 Å². The molecule has 4 heteroatoms. The van der Waals surface area contributed by atoms with Crippen molar-refractivity contribution in [3.8, 4) is 6.07 Å². The van der Waals surface area contributed by atoms with E-state index in [1.807, 2.05) is 30.0 Å². The van der Waals surface area contributed by atoms with Crippen molar-refractivity contribution in [2.24, 2.45) is 0 Å². The predicted octanol–water partition coefficient (Wildman–Crippen LogP) is 4.80. The Kier molecular flexibility index (Phi) is 5.18. The quantitative estimate of drug-likeness (QED) is 0.856. The fourth-order valence-electron chi connectivity index (χ4n) is 2.63. The second-order valence-corrected chi connectivity index (χ2v) is 7.24. The van der Waals surface area contributed by atoms with Gasteiger partial charge in [-0.15, -0.1) is 0 Å². The van der Waals surface area contributed by atoms with Crippen molar-refractivity contribution in [3.05, 3.63) is 28.2 Å². The fourth-order valence-corrected chi connectivity index (χ4v) is 4.07. The number of hydrogen-bond donors (Lipinski definition) is 1. The van der Waals surface area contributed by atoms with E-state index in [4.69, 9.17) is 5.26 Å². The van der Waals surface area contributed by atoms with Crippen LogP contribution < -0.4 is 5.32 Å². The van der Waals surface area contributed by atoms with Crippen LogP contribution in [0.1, 0.15) is 37.7 Å². The smallest absolute Gasteiger partial charge is 0.0992 e. The highest BCUT2D eigenvalue weighted by molar-refractivity contribution is 9.10. The molecule has 1 fully saturated rings. The summed E-state index contributed by atoms with van der Waals surface area (Å²) in [7, 11) is 0. The van der Waals surface area contributed by atoms with E-state index in [0.717, 1.165) is 16.7 Å². The highest BCUT2D eigenvalue weighted by Gasteiger charge is 2.30. The maximum Gasteiger partial charge on any atom is 0.0992 e. The molecule has 1 aliphatic rings. The molecule has 0 bridgehead atoms. The first-order valence-corrected chi connectivity index (χ1v) is 8.69. The molecule has 0 aliphatic heterocycles.